The average Bonchev–Trinajstić information content (AvgIpc) is 3.30. The Kier molecular flexibility index (Phi) is 2.94. The summed E-state index contributed by atoms with van der Waals surface area (Å²) in [7, 11) is -3.52. The third-order valence-corrected chi connectivity index (χ3v) is 6.46. The van der Waals surface area contributed by atoms with E-state index in [1.165, 1.54) is 18.9 Å². The van der Waals surface area contributed by atoms with E-state index in [1.807, 2.05) is 11.8 Å². The highest BCUT2D eigenvalue weighted by molar-refractivity contribution is 7.89. The van der Waals surface area contributed by atoms with Crippen LogP contribution in [0.3, 0.4) is 0 Å². The van der Waals surface area contributed by atoms with E-state index in [9.17, 15) is 13.2 Å². The van der Waals surface area contributed by atoms with Crippen LogP contribution in [0.5, 0.6) is 0 Å². The van der Waals surface area contributed by atoms with Crippen molar-refractivity contribution in [2.75, 3.05) is 13.1 Å². The van der Waals surface area contributed by atoms with Crippen LogP contribution in [0.25, 0.3) is 0 Å². The molecular formula is C16H20N2O3S. The van der Waals surface area contributed by atoms with E-state index in [1.54, 1.807) is 12.1 Å². The van der Waals surface area contributed by atoms with Crippen molar-refractivity contribution >= 4 is 15.9 Å². The molecule has 1 spiro atoms. The Bertz CT molecular complexity index is 741. The number of hydrogen-bond donors (Lipinski definition) is 1. The minimum atomic E-state index is -3.52. The fourth-order valence-corrected chi connectivity index (χ4v) is 4.39. The molecule has 1 aliphatic heterocycles. The monoisotopic (exact) mass is 320 g/mol. The first-order valence-electron chi connectivity index (χ1n) is 7.81. The molecule has 1 saturated heterocycles. The maximum Gasteiger partial charge on any atom is 0.254 e. The molecule has 1 heterocycles. The number of carbonyl (C=O) groups excluding carboxylic acids is 1. The summed E-state index contributed by atoms with van der Waals surface area (Å²) in [6.07, 6.45) is 4.23. The average molecular weight is 320 g/mol. The summed E-state index contributed by atoms with van der Waals surface area (Å²) in [6.45, 7) is 3.50. The molecule has 1 aromatic carbocycles. The van der Waals surface area contributed by atoms with E-state index in [2.05, 4.69) is 4.72 Å². The van der Waals surface area contributed by atoms with Gasteiger partial charge in [-0.25, -0.2) is 13.1 Å². The lowest BCUT2D eigenvalue weighted by Crippen LogP contribution is -2.51. The number of hydrogen-bond acceptors (Lipinski definition) is 3. The third kappa shape index (κ3) is 2.44. The summed E-state index contributed by atoms with van der Waals surface area (Å²) in [4.78, 5) is 14.6. The number of sulfonamides is 1. The van der Waals surface area contributed by atoms with Crippen molar-refractivity contribution in [1.82, 2.24) is 9.62 Å². The van der Waals surface area contributed by atoms with E-state index in [0.717, 1.165) is 31.5 Å². The van der Waals surface area contributed by atoms with Gasteiger partial charge in [0.15, 0.2) is 0 Å². The van der Waals surface area contributed by atoms with Crippen LogP contribution < -0.4 is 4.72 Å². The normalized spacial score (nSPS) is 22.5. The Morgan fingerprint density at radius 1 is 1.27 bits per heavy atom. The topological polar surface area (TPSA) is 66.5 Å². The zero-order chi connectivity index (χ0) is 15.5. The molecule has 3 fully saturated rings. The molecule has 0 unspecified atom stereocenters. The predicted molar refractivity (Wildman–Crippen MR) is 82.1 cm³/mol. The molecule has 3 aliphatic rings. The third-order valence-electron chi connectivity index (χ3n) is 4.95. The molecule has 1 N–H and O–H groups in total. The number of amides is 1. The lowest BCUT2D eigenvalue weighted by atomic mass is 9.95. The van der Waals surface area contributed by atoms with E-state index in [0.29, 0.717) is 11.0 Å². The highest BCUT2D eigenvalue weighted by Gasteiger charge is 2.53. The summed E-state index contributed by atoms with van der Waals surface area (Å²) >= 11 is 0. The predicted octanol–water partition coefficient (Wildman–Crippen LogP) is 1.67. The summed E-state index contributed by atoms with van der Waals surface area (Å²) < 4.78 is 27.3. The SMILES string of the molecule is Cc1ccc(S(=O)(=O)NC2CC2)cc1C(=O)N1CC2(CC2)C1. The molecule has 0 bridgehead atoms. The molecule has 0 radical (unpaired) electrons. The van der Waals surface area contributed by atoms with Gasteiger partial charge >= 0.3 is 0 Å². The Labute approximate surface area is 130 Å². The minimum Gasteiger partial charge on any atom is -0.337 e. The molecule has 4 rings (SSSR count). The van der Waals surface area contributed by atoms with Crippen LogP contribution in [-0.2, 0) is 10.0 Å². The standard InChI is InChI=1S/C16H20N2O3S/c1-11-2-5-13(22(20,21)17-12-3-4-12)8-14(11)15(19)18-9-16(10-18)6-7-16/h2,5,8,12,17H,3-4,6-7,9-10H2,1H3. The first-order chi connectivity index (χ1) is 10.4. The van der Waals surface area contributed by atoms with Crippen LogP contribution in [-0.4, -0.2) is 38.4 Å². The van der Waals surface area contributed by atoms with Gasteiger partial charge in [-0.05, 0) is 50.3 Å². The van der Waals surface area contributed by atoms with Gasteiger partial charge in [-0.15, -0.1) is 0 Å². The van der Waals surface area contributed by atoms with Crippen LogP contribution >= 0.6 is 0 Å². The molecule has 5 nitrogen and oxygen atoms in total. The van der Waals surface area contributed by atoms with Crippen molar-refractivity contribution in [2.45, 2.75) is 43.5 Å². The molecule has 0 aromatic heterocycles. The van der Waals surface area contributed by atoms with Gasteiger partial charge in [-0.3, -0.25) is 4.79 Å². The molecule has 1 amide bonds. The second-order valence-electron chi connectivity index (χ2n) is 7.03. The van der Waals surface area contributed by atoms with Crippen LogP contribution in [0, 0.1) is 12.3 Å². The van der Waals surface area contributed by atoms with E-state index < -0.39 is 10.0 Å². The van der Waals surface area contributed by atoms with Crippen molar-refractivity contribution < 1.29 is 13.2 Å². The summed E-state index contributed by atoms with van der Waals surface area (Å²) in [5.41, 5.74) is 1.74. The van der Waals surface area contributed by atoms with Crippen molar-refractivity contribution in [3.05, 3.63) is 29.3 Å². The van der Waals surface area contributed by atoms with E-state index in [-0.39, 0.29) is 16.8 Å². The Morgan fingerprint density at radius 2 is 1.95 bits per heavy atom. The second-order valence-corrected chi connectivity index (χ2v) is 8.75. The largest absolute Gasteiger partial charge is 0.337 e. The maximum absolute atomic E-state index is 12.6. The molecule has 1 aromatic rings. The molecular weight excluding hydrogens is 300 g/mol. The van der Waals surface area contributed by atoms with Crippen LogP contribution in [0.2, 0.25) is 0 Å². The van der Waals surface area contributed by atoms with Crippen LogP contribution in [0.4, 0.5) is 0 Å². The molecule has 2 saturated carbocycles. The summed E-state index contributed by atoms with van der Waals surface area (Å²) in [5, 5.41) is 0. The quantitative estimate of drug-likeness (QED) is 0.918. The smallest absolute Gasteiger partial charge is 0.254 e. The lowest BCUT2D eigenvalue weighted by molar-refractivity contribution is 0.0442. The summed E-state index contributed by atoms with van der Waals surface area (Å²) in [6, 6.07) is 4.90. The number of aryl methyl sites for hydroxylation is 1. The molecule has 6 heteroatoms. The highest BCUT2D eigenvalue weighted by atomic mass is 32.2. The van der Waals surface area contributed by atoms with Crippen LogP contribution in [0.1, 0.15) is 41.6 Å². The van der Waals surface area contributed by atoms with Crippen molar-refractivity contribution in [3.8, 4) is 0 Å². The van der Waals surface area contributed by atoms with E-state index >= 15 is 0 Å². The van der Waals surface area contributed by atoms with Crippen molar-refractivity contribution in [3.63, 3.8) is 0 Å². The number of nitrogens with one attached hydrogen (secondary N) is 1. The fraction of sp³-hybridized carbons (Fsp3) is 0.562. The number of carbonyl (C=O) groups is 1. The first kappa shape index (κ1) is 14.2. The minimum absolute atomic E-state index is 0.0431. The van der Waals surface area contributed by atoms with Crippen molar-refractivity contribution in [1.29, 1.82) is 0 Å². The molecule has 2 aliphatic carbocycles. The maximum atomic E-state index is 12.6. The molecule has 118 valence electrons. The Balaban J connectivity index is 1.58. The number of rotatable bonds is 4. The Morgan fingerprint density at radius 3 is 2.55 bits per heavy atom. The number of benzene rings is 1. The zero-order valence-electron chi connectivity index (χ0n) is 12.6. The molecule has 0 atom stereocenters. The van der Waals surface area contributed by atoms with Gasteiger partial charge in [0, 0.05) is 30.1 Å². The van der Waals surface area contributed by atoms with Crippen LogP contribution in [0.15, 0.2) is 23.1 Å². The van der Waals surface area contributed by atoms with Gasteiger partial charge in [0.1, 0.15) is 0 Å². The van der Waals surface area contributed by atoms with Gasteiger partial charge in [-0.2, -0.15) is 0 Å². The van der Waals surface area contributed by atoms with Gasteiger partial charge in [0.25, 0.3) is 5.91 Å². The van der Waals surface area contributed by atoms with Gasteiger partial charge < -0.3 is 4.90 Å². The highest BCUT2D eigenvalue weighted by Crippen LogP contribution is 2.53. The lowest BCUT2D eigenvalue weighted by Gasteiger charge is -2.40. The second kappa shape index (κ2) is 4.55. The molecule has 22 heavy (non-hydrogen) atoms. The van der Waals surface area contributed by atoms with Gasteiger partial charge in [0.2, 0.25) is 10.0 Å². The van der Waals surface area contributed by atoms with Crippen molar-refractivity contribution in [2.24, 2.45) is 5.41 Å². The zero-order valence-corrected chi connectivity index (χ0v) is 13.4. The van der Waals surface area contributed by atoms with Gasteiger partial charge in [-0.1, -0.05) is 6.07 Å². The summed E-state index contributed by atoms with van der Waals surface area (Å²) in [5.74, 6) is -0.0431. The number of likely N-dealkylation sites (tertiary alicyclic amines) is 1. The van der Waals surface area contributed by atoms with E-state index in [4.69, 9.17) is 0 Å². The van der Waals surface area contributed by atoms with Gasteiger partial charge in [0.05, 0.1) is 4.90 Å². The Hall–Kier alpha value is -1.40. The fourth-order valence-electron chi connectivity index (χ4n) is 3.06. The number of nitrogens with zero attached hydrogens (tertiary/aromatic N) is 1. The first-order valence-corrected chi connectivity index (χ1v) is 9.29.